The van der Waals surface area contributed by atoms with Gasteiger partial charge in [0.2, 0.25) is 11.8 Å². The first kappa shape index (κ1) is 17.2. The topological polar surface area (TPSA) is 71.5 Å². The number of hydrogen-bond acceptors (Lipinski definition) is 5. The minimum Gasteiger partial charge on any atom is -0.375 e. The van der Waals surface area contributed by atoms with Crippen molar-refractivity contribution < 1.29 is 14.3 Å². The Kier molecular flexibility index (Phi) is 4.50. The molecule has 1 saturated heterocycles. The van der Waals surface area contributed by atoms with Crippen molar-refractivity contribution in [3.63, 3.8) is 0 Å². The van der Waals surface area contributed by atoms with Gasteiger partial charge >= 0.3 is 0 Å². The third kappa shape index (κ3) is 3.24. The Bertz CT molecular complexity index is 853. The van der Waals surface area contributed by atoms with Crippen molar-refractivity contribution in [2.75, 3.05) is 23.4 Å². The van der Waals surface area contributed by atoms with Crippen LogP contribution in [-0.4, -0.2) is 29.9 Å². The van der Waals surface area contributed by atoms with Crippen LogP contribution in [0.2, 0.25) is 0 Å². The third-order valence-electron chi connectivity index (χ3n) is 5.02. The van der Waals surface area contributed by atoms with Crippen molar-refractivity contribution in [1.82, 2.24) is 4.98 Å². The lowest BCUT2D eigenvalue weighted by atomic mass is 10.1. The van der Waals surface area contributed by atoms with Gasteiger partial charge < -0.3 is 15.0 Å². The van der Waals surface area contributed by atoms with E-state index in [1.54, 1.807) is 4.90 Å². The molecule has 1 aromatic carbocycles. The summed E-state index contributed by atoms with van der Waals surface area (Å²) in [7, 11) is 0. The molecule has 1 fully saturated rings. The van der Waals surface area contributed by atoms with E-state index in [-0.39, 0.29) is 24.2 Å². The minimum absolute atomic E-state index is 0.0137. The van der Waals surface area contributed by atoms with Crippen molar-refractivity contribution in [1.29, 1.82) is 0 Å². The molecule has 2 aliphatic heterocycles. The molecule has 1 aromatic heterocycles. The summed E-state index contributed by atoms with van der Waals surface area (Å²) in [6.45, 7) is 5.70. The maximum Gasteiger partial charge on any atom is 0.231 e. The van der Waals surface area contributed by atoms with Crippen LogP contribution in [0.15, 0.2) is 18.2 Å². The zero-order valence-corrected chi connectivity index (χ0v) is 15.7. The highest BCUT2D eigenvalue weighted by atomic mass is 32.1. The quantitative estimate of drug-likeness (QED) is 0.901. The third-order valence-corrected chi connectivity index (χ3v) is 6.01. The molecule has 1 atom stereocenters. The molecule has 1 N–H and O–H groups in total. The van der Waals surface area contributed by atoms with Crippen LogP contribution in [0.25, 0.3) is 0 Å². The first-order chi connectivity index (χ1) is 12.5. The number of fused-ring (bicyclic) bond motifs is 1. The van der Waals surface area contributed by atoms with Gasteiger partial charge in [-0.05, 0) is 37.1 Å². The van der Waals surface area contributed by atoms with Crippen molar-refractivity contribution >= 4 is 34.0 Å². The summed E-state index contributed by atoms with van der Waals surface area (Å²) >= 11 is 1.46. The summed E-state index contributed by atoms with van der Waals surface area (Å²) in [5.41, 5.74) is 4.19. The molecule has 3 heterocycles. The van der Waals surface area contributed by atoms with E-state index in [4.69, 9.17) is 4.74 Å². The van der Waals surface area contributed by atoms with Gasteiger partial charge in [-0.15, -0.1) is 0 Å². The predicted molar refractivity (Wildman–Crippen MR) is 100 cm³/mol. The number of ether oxygens (including phenoxy) is 1. The van der Waals surface area contributed by atoms with Gasteiger partial charge in [-0.3, -0.25) is 9.59 Å². The SMILES string of the molecule is Cc1ccc(N2CC(C(=O)Nc3nc4c(s3)COCC4)CC2=O)cc1C. The molecular weight excluding hydrogens is 350 g/mol. The molecule has 4 rings (SSSR count). The molecule has 2 amide bonds. The largest absolute Gasteiger partial charge is 0.375 e. The number of aryl methyl sites for hydroxylation is 2. The van der Waals surface area contributed by atoms with Gasteiger partial charge in [0.1, 0.15) is 0 Å². The van der Waals surface area contributed by atoms with Crippen LogP contribution in [0.1, 0.15) is 28.1 Å². The standard InChI is InChI=1S/C19H21N3O3S/c1-11-3-4-14(7-12(11)2)22-9-13(8-17(22)23)18(24)21-19-20-15-5-6-25-10-16(15)26-19/h3-4,7,13H,5-6,8-10H2,1-2H3,(H,20,21,24). The zero-order chi connectivity index (χ0) is 18.3. The normalized spacial score (nSPS) is 19.5. The summed E-state index contributed by atoms with van der Waals surface area (Å²) in [6.07, 6.45) is 1.01. The number of anilines is 2. The van der Waals surface area contributed by atoms with E-state index >= 15 is 0 Å². The predicted octanol–water partition coefficient (Wildman–Crippen LogP) is 2.82. The molecule has 7 heteroatoms. The number of hydrogen-bond donors (Lipinski definition) is 1. The number of nitrogens with zero attached hydrogens (tertiary/aromatic N) is 2. The van der Waals surface area contributed by atoms with E-state index in [1.807, 2.05) is 32.0 Å². The molecule has 2 aliphatic rings. The van der Waals surface area contributed by atoms with Crippen LogP contribution in [0.5, 0.6) is 0 Å². The molecule has 0 saturated carbocycles. The van der Waals surface area contributed by atoms with Gasteiger partial charge in [-0.1, -0.05) is 17.4 Å². The Labute approximate surface area is 156 Å². The van der Waals surface area contributed by atoms with Gasteiger partial charge in [0.15, 0.2) is 5.13 Å². The highest BCUT2D eigenvalue weighted by Gasteiger charge is 2.35. The molecule has 0 bridgehead atoms. The number of benzene rings is 1. The fraction of sp³-hybridized carbons (Fsp3) is 0.421. The van der Waals surface area contributed by atoms with Crippen molar-refractivity contribution in [2.24, 2.45) is 5.92 Å². The summed E-state index contributed by atoms with van der Waals surface area (Å²) < 4.78 is 5.42. The minimum atomic E-state index is -0.360. The van der Waals surface area contributed by atoms with Crippen molar-refractivity contribution in [2.45, 2.75) is 33.3 Å². The summed E-state index contributed by atoms with van der Waals surface area (Å²) in [6, 6.07) is 5.95. The van der Waals surface area contributed by atoms with Crippen molar-refractivity contribution in [3.8, 4) is 0 Å². The first-order valence-corrected chi connectivity index (χ1v) is 9.57. The Hall–Kier alpha value is -2.25. The lowest BCUT2D eigenvalue weighted by molar-refractivity contribution is -0.122. The average molecular weight is 371 g/mol. The van der Waals surface area contributed by atoms with E-state index < -0.39 is 0 Å². The van der Waals surface area contributed by atoms with Gasteiger partial charge in [-0.25, -0.2) is 4.98 Å². The molecule has 1 unspecified atom stereocenters. The highest BCUT2D eigenvalue weighted by molar-refractivity contribution is 7.15. The Morgan fingerprint density at radius 2 is 2.19 bits per heavy atom. The Morgan fingerprint density at radius 1 is 1.35 bits per heavy atom. The van der Waals surface area contributed by atoms with Crippen LogP contribution in [0.4, 0.5) is 10.8 Å². The molecule has 0 spiro atoms. The van der Waals surface area contributed by atoms with E-state index in [0.717, 1.165) is 28.2 Å². The van der Waals surface area contributed by atoms with Gasteiger partial charge in [0.25, 0.3) is 0 Å². The molecule has 0 radical (unpaired) electrons. The number of aromatic nitrogens is 1. The number of carbonyl (C=O) groups excluding carboxylic acids is 2. The van der Waals surface area contributed by atoms with Gasteiger partial charge in [0, 0.05) is 25.1 Å². The van der Waals surface area contributed by atoms with E-state index in [0.29, 0.717) is 24.9 Å². The van der Waals surface area contributed by atoms with E-state index in [9.17, 15) is 9.59 Å². The van der Waals surface area contributed by atoms with Crippen LogP contribution < -0.4 is 10.2 Å². The number of rotatable bonds is 3. The number of nitrogens with one attached hydrogen (secondary N) is 1. The van der Waals surface area contributed by atoms with Crippen molar-refractivity contribution in [3.05, 3.63) is 39.9 Å². The van der Waals surface area contributed by atoms with Crippen LogP contribution in [-0.2, 0) is 27.4 Å². The molecule has 26 heavy (non-hydrogen) atoms. The second kappa shape index (κ2) is 6.81. The summed E-state index contributed by atoms with van der Waals surface area (Å²) in [4.78, 5) is 32.3. The maximum atomic E-state index is 12.6. The van der Waals surface area contributed by atoms with E-state index in [1.165, 1.54) is 16.9 Å². The van der Waals surface area contributed by atoms with Gasteiger partial charge in [-0.2, -0.15) is 0 Å². The van der Waals surface area contributed by atoms with Crippen LogP contribution >= 0.6 is 11.3 Å². The fourth-order valence-electron chi connectivity index (χ4n) is 3.31. The number of amides is 2. The second-order valence-corrected chi connectivity index (χ2v) is 7.94. The lowest BCUT2D eigenvalue weighted by Gasteiger charge is -2.17. The Morgan fingerprint density at radius 3 is 2.96 bits per heavy atom. The van der Waals surface area contributed by atoms with Gasteiger partial charge in [0.05, 0.1) is 29.7 Å². The summed E-state index contributed by atoms with van der Waals surface area (Å²) in [5, 5.41) is 3.49. The smallest absolute Gasteiger partial charge is 0.231 e. The highest BCUT2D eigenvalue weighted by Crippen LogP contribution is 2.30. The molecule has 136 valence electrons. The molecular formula is C19H21N3O3S. The first-order valence-electron chi connectivity index (χ1n) is 8.76. The summed E-state index contributed by atoms with van der Waals surface area (Å²) in [5.74, 6) is -0.516. The zero-order valence-electron chi connectivity index (χ0n) is 14.9. The van der Waals surface area contributed by atoms with Crippen LogP contribution in [0, 0.1) is 19.8 Å². The maximum absolute atomic E-state index is 12.6. The van der Waals surface area contributed by atoms with Crippen LogP contribution in [0.3, 0.4) is 0 Å². The molecule has 6 nitrogen and oxygen atoms in total. The lowest BCUT2D eigenvalue weighted by Crippen LogP contribution is -2.28. The number of thiazole rings is 1. The average Bonchev–Trinajstić information content (AvgIpc) is 3.20. The second-order valence-electron chi connectivity index (χ2n) is 6.85. The fourth-order valence-corrected chi connectivity index (χ4v) is 4.26. The Balaban J connectivity index is 1.45. The molecule has 0 aliphatic carbocycles. The van der Waals surface area contributed by atoms with E-state index in [2.05, 4.69) is 10.3 Å². The monoisotopic (exact) mass is 371 g/mol. The molecule has 2 aromatic rings. The number of carbonyl (C=O) groups is 2.